The van der Waals surface area contributed by atoms with Gasteiger partial charge in [0.05, 0.1) is 30.9 Å². The number of hydrogen-bond donors (Lipinski definition) is 0. The number of thiophene rings is 1. The Kier molecular flexibility index (Phi) is 5.35. The second-order valence-electron chi connectivity index (χ2n) is 4.95. The minimum atomic E-state index is -0.652. The van der Waals surface area contributed by atoms with Crippen LogP contribution in [0.5, 0.6) is 5.75 Å². The molecule has 0 saturated carbocycles. The van der Waals surface area contributed by atoms with Crippen molar-refractivity contribution in [3.63, 3.8) is 0 Å². The molecule has 0 fully saturated rings. The lowest BCUT2D eigenvalue weighted by molar-refractivity contribution is 0.0593. The van der Waals surface area contributed by atoms with Crippen LogP contribution < -0.4 is 4.74 Å². The third-order valence-corrected chi connectivity index (χ3v) is 4.19. The van der Waals surface area contributed by atoms with Crippen molar-refractivity contribution < 1.29 is 28.6 Å². The minimum Gasteiger partial charge on any atom is -0.465 e. The minimum absolute atomic E-state index is 0.0616. The van der Waals surface area contributed by atoms with E-state index in [2.05, 4.69) is 9.47 Å². The Balaban J connectivity index is 2.38. The molecule has 0 aliphatic heterocycles. The van der Waals surface area contributed by atoms with E-state index in [1.54, 1.807) is 6.07 Å². The average molecular weight is 348 g/mol. The van der Waals surface area contributed by atoms with E-state index >= 15 is 0 Å². The molecule has 0 saturated heterocycles. The summed E-state index contributed by atoms with van der Waals surface area (Å²) in [6.45, 7) is 3.71. The van der Waals surface area contributed by atoms with Crippen molar-refractivity contribution in [2.75, 3.05) is 14.2 Å². The molecule has 24 heavy (non-hydrogen) atoms. The first-order chi connectivity index (χ1) is 11.3. The number of hydrogen-bond acceptors (Lipinski definition) is 7. The van der Waals surface area contributed by atoms with Gasteiger partial charge >= 0.3 is 17.9 Å². The molecule has 1 aromatic heterocycles. The van der Waals surface area contributed by atoms with E-state index in [1.165, 1.54) is 43.8 Å². The number of aryl methyl sites for hydroxylation is 2. The summed E-state index contributed by atoms with van der Waals surface area (Å²) in [4.78, 5) is 37.6. The van der Waals surface area contributed by atoms with Crippen molar-refractivity contribution in [1.29, 1.82) is 0 Å². The van der Waals surface area contributed by atoms with Crippen LogP contribution >= 0.6 is 11.3 Å². The van der Waals surface area contributed by atoms with Crippen LogP contribution in [0, 0.1) is 13.8 Å². The number of ether oxygens (including phenoxy) is 3. The molecule has 2 rings (SSSR count). The molecule has 1 aromatic carbocycles. The summed E-state index contributed by atoms with van der Waals surface area (Å²) in [6, 6.07) is 5.72. The number of carbonyl (C=O) groups excluding carboxylic acids is 3. The molecule has 0 spiro atoms. The first-order valence-electron chi connectivity index (χ1n) is 6.96. The summed E-state index contributed by atoms with van der Waals surface area (Å²) in [5, 5.41) is 0. The summed E-state index contributed by atoms with van der Waals surface area (Å²) in [5.41, 5.74) is 0.614. The molecule has 6 nitrogen and oxygen atoms in total. The maximum absolute atomic E-state index is 12.3. The third kappa shape index (κ3) is 3.80. The van der Waals surface area contributed by atoms with Crippen LogP contribution in [0.1, 0.15) is 40.8 Å². The maximum atomic E-state index is 12.3. The zero-order valence-electron chi connectivity index (χ0n) is 13.7. The van der Waals surface area contributed by atoms with Gasteiger partial charge in [-0.2, -0.15) is 0 Å². The SMILES string of the molecule is COC(=O)c1cc(OC(=O)c2cc(C)sc2C)cc(C(=O)OC)c1. The van der Waals surface area contributed by atoms with Gasteiger partial charge in [-0.3, -0.25) is 0 Å². The van der Waals surface area contributed by atoms with Crippen LogP contribution in [0.4, 0.5) is 0 Å². The van der Waals surface area contributed by atoms with E-state index in [1.807, 2.05) is 13.8 Å². The predicted octanol–water partition coefficient (Wildman–Crippen LogP) is 3.16. The van der Waals surface area contributed by atoms with Gasteiger partial charge in [-0.05, 0) is 38.1 Å². The van der Waals surface area contributed by atoms with Gasteiger partial charge < -0.3 is 14.2 Å². The van der Waals surface area contributed by atoms with E-state index in [9.17, 15) is 14.4 Å². The number of methoxy groups -OCH3 is 2. The van der Waals surface area contributed by atoms with Crippen molar-refractivity contribution in [2.24, 2.45) is 0 Å². The van der Waals surface area contributed by atoms with E-state index in [4.69, 9.17) is 4.74 Å². The average Bonchev–Trinajstić information content (AvgIpc) is 2.91. The summed E-state index contributed by atoms with van der Waals surface area (Å²) < 4.78 is 14.6. The van der Waals surface area contributed by atoms with Crippen LogP contribution in [0.3, 0.4) is 0 Å². The lowest BCUT2D eigenvalue weighted by atomic mass is 10.1. The highest BCUT2D eigenvalue weighted by Gasteiger charge is 2.18. The molecule has 0 bridgehead atoms. The lowest BCUT2D eigenvalue weighted by Crippen LogP contribution is -2.11. The van der Waals surface area contributed by atoms with Gasteiger partial charge in [0.2, 0.25) is 0 Å². The first kappa shape index (κ1) is 17.7. The maximum Gasteiger partial charge on any atom is 0.344 e. The fourth-order valence-corrected chi connectivity index (χ4v) is 3.04. The highest BCUT2D eigenvalue weighted by Crippen LogP contribution is 2.24. The molecule has 2 aromatic rings. The summed E-state index contributed by atoms with van der Waals surface area (Å²) in [6.07, 6.45) is 0. The fraction of sp³-hybridized carbons (Fsp3) is 0.235. The standard InChI is InChI=1S/C17H16O6S/c1-9-5-14(10(2)24-9)17(20)23-13-7-11(15(18)21-3)6-12(8-13)16(19)22-4/h5-8H,1-4H3. The molecule has 1 heterocycles. The van der Waals surface area contributed by atoms with E-state index < -0.39 is 17.9 Å². The predicted molar refractivity (Wildman–Crippen MR) is 87.9 cm³/mol. The van der Waals surface area contributed by atoms with E-state index in [0.717, 1.165) is 9.75 Å². The molecular formula is C17H16O6S. The van der Waals surface area contributed by atoms with E-state index in [-0.39, 0.29) is 16.9 Å². The van der Waals surface area contributed by atoms with Gasteiger partial charge in [-0.1, -0.05) is 0 Å². The summed E-state index contributed by atoms with van der Waals surface area (Å²) in [5.74, 6) is -1.80. The second-order valence-corrected chi connectivity index (χ2v) is 6.41. The number of benzene rings is 1. The first-order valence-corrected chi connectivity index (χ1v) is 7.78. The molecule has 0 aliphatic carbocycles. The van der Waals surface area contributed by atoms with Gasteiger partial charge in [-0.15, -0.1) is 11.3 Å². The summed E-state index contributed by atoms with van der Waals surface area (Å²) in [7, 11) is 2.44. The summed E-state index contributed by atoms with van der Waals surface area (Å²) >= 11 is 1.48. The van der Waals surface area contributed by atoms with Crippen molar-refractivity contribution >= 4 is 29.2 Å². The highest BCUT2D eigenvalue weighted by atomic mass is 32.1. The van der Waals surface area contributed by atoms with E-state index in [0.29, 0.717) is 5.56 Å². The van der Waals surface area contributed by atoms with Crippen LogP contribution in [0.15, 0.2) is 24.3 Å². The Bertz CT molecular complexity index is 771. The monoisotopic (exact) mass is 348 g/mol. The molecule has 126 valence electrons. The van der Waals surface area contributed by atoms with Crippen LogP contribution in [-0.2, 0) is 9.47 Å². The molecule has 0 unspecified atom stereocenters. The highest BCUT2D eigenvalue weighted by molar-refractivity contribution is 7.12. The lowest BCUT2D eigenvalue weighted by Gasteiger charge is -2.08. The second kappa shape index (κ2) is 7.27. The molecule has 0 N–H and O–H groups in total. The molecule has 0 atom stereocenters. The van der Waals surface area contributed by atoms with Gasteiger partial charge in [0.15, 0.2) is 0 Å². The van der Waals surface area contributed by atoms with Gasteiger partial charge in [0.1, 0.15) is 5.75 Å². The normalized spacial score (nSPS) is 10.2. The van der Waals surface area contributed by atoms with Crippen LogP contribution in [-0.4, -0.2) is 32.1 Å². The fourth-order valence-electron chi connectivity index (χ4n) is 2.12. The Morgan fingerprint density at radius 3 is 1.79 bits per heavy atom. The van der Waals surface area contributed by atoms with Crippen molar-refractivity contribution in [2.45, 2.75) is 13.8 Å². The molecule has 7 heteroatoms. The van der Waals surface area contributed by atoms with Gasteiger partial charge in [0.25, 0.3) is 0 Å². The molecule has 0 amide bonds. The number of esters is 3. The number of carbonyl (C=O) groups is 3. The third-order valence-electron chi connectivity index (χ3n) is 3.22. The quantitative estimate of drug-likeness (QED) is 0.624. The Morgan fingerprint density at radius 1 is 0.833 bits per heavy atom. The number of rotatable bonds is 4. The van der Waals surface area contributed by atoms with Crippen LogP contribution in [0.2, 0.25) is 0 Å². The largest absolute Gasteiger partial charge is 0.465 e. The topological polar surface area (TPSA) is 78.9 Å². The van der Waals surface area contributed by atoms with Crippen molar-refractivity contribution in [1.82, 2.24) is 0 Å². The van der Waals surface area contributed by atoms with Crippen molar-refractivity contribution in [3.05, 3.63) is 50.7 Å². The molecule has 0 radical (unpaired) electrons. The van der Waals surface area contributed by atoms with Gasteiger partial charge in [-0.25, -0.2) is 14.4 Å². The zero-order valence-corrected chi connectivity index (χ0v) is 14.5. The molecule has 0 aliphatic rings. The Hall–Kier alpha value is -2.67. The van der Waals surface area contributed by atoms with Crippen molar-refractivity contribution in [3.8, 4) is 5.75 Å². The zero-order chi connectivity index (χ0) is 17.9. The van der Waals surface area contributed by atoms with Crippen LogP contribution in [0.25, 0.3) is 0 Å². The Labute approximate surface area is 143 Å². The smallest absolute Gasteiger partial charge is 0.344 e. The van der Waals surface area contributed by atoms with Gasteiger partial charge in [0, 0.05) is 9.75 Å². The Morgan fingerprint density at radius 2 is 1.38 bits per heavy atom. The molecular weight excluding hydrogens is 332 g/mol.